The maximum absolute atomic E-state index is 11.2. The van der Waals surface area contributed by atoms with Gasteiger partial charge in [0, 0.05) is 17.7 Å². The molecule has 1 aliphatic rings. The Morgan fingerprint density at radius 3 is 3.00 bits per heavy atom. The second kappa shape index (κ2) is 2.62. The number of H-pyrrole nitrogens is 1. The molecule has 0 bridgehead atoms. The monoisotopic (exact) mass is 165 g/mol. The molecule has 0 unspecified atom stereocenters. The largest absolute Gasteiger partial charge is 0.309 e. The van der Waals surface area contributed by atoms with E-state index in [-0.39, 0.29) is 11.8 Å². The Kier molecular flexibility index (Phi) is 1.60. The van der Waals surface area contributed by atoms with E-state index in [2.05, 4.69) is 15.5 Å². The van der Waals surface area contributed by atoms with Crippen molar-refractivity contribution in [1.82, 2.24) is 10.2 Å². The first kappa shape index (κ1) is 7.34. The van der Waals surface area contributed by atoms with Crippen molar-refractivity contribution in [3.8, 4) is 0 Å². The van der Waals surface area contributed by atoms with Crippen LogP contribution in [0.5, 0.6) is 0 Å². The number of aryl methyl sites for hydroxylation is 1. The van der Waals surface area contributed by atoms with Crippen LogP contribution in [0.1, 0.15) is 18.5 Å². The minimum atomic E-state index is 0.0986. The Hall–Kier alpha value is -1.32. The van der Waals surface area contributed by atoms with Crippen LogP contribution in [0.25, 0.3) is 0 Å². The second-order valence-electron chi connectivity index (χ2n) is 3.20. The summed E-state index contributed by atoms with van der Waals surface area (Å²) in [4.78, 5) is 11.2. The van der Waals surface area contributed by atoms with Gasteiger partial charge in [-0.3, -0.25) is 9.89 Å². The number of carbonyl (C=O) groups excluding carboxylic acids is 1. The van der Waals surface area contributed by atoms with Crippen LogP contribution in [0.2, 0.25) is 0 Å². The highest BCUT2D eigenvalue weighted by molar-refractivity contribution is 5.93. The molecule has 0 spiro atoms. The van der Waals surface area contributed by atoms with Gasteiger partial charge >= 0.3 is 0 Å². The Bertz CT molecular complexity index is 301. The third-order valence-corrected chi connectivity index (χ3v) is 1.91. The predicted octanol–water partition coefficient (Wildman–Crippen LogP) is 1.07. The summed E-state index contributed by atoms with van der Waals surface area (Å²) in [6, 6.07) is 1.82. The molecule has 0 radical (unpaired) electrons. The van der Waals surface area contributed by atoms with Crippen molar-refractivity contribution in [3.05, 3.63) is 11.8 Å². The third kappa shape index (κ3) is 1.47. The van der Waals surface area contributed by atoms with Crippen LogP contribution in [-0.4, -0.2) is 16.1 Å². The normalized spacial score (nSPS) is 16.1. The van der Waals surface area contributed by atoms with Crippen LogP contribution < -0.4 is 5.32 Å². The first-order valence-electron chi connectivity index (χ1n) is 4.08. The number of rotatable bonds is 2. The van der Waals surface area contributed by atoms with E-state index < -0.39 is 0 Å². The second-order valence-corrected chi connectivity index (χ2v) is 3.20. The van der Waals surface area contributed by atoms with Crippen molar-refractivity contribution in [2.24, 2.45) is 5.92 Å². The molecule has 1 saturated carbocycles. The molecule has 0 atom stereocenters. The summed E-state index contributed by atoms with van der Waals surface area (Å²) in [5, 5.41) is 9.42. The fourth-order valence-corrected chi connectivity index (χ4v) is 1.06. The number of hydrogen-bond acceptors (Lipinski definition) is 2. The zero-order valence-electron chi connectivity index (χ0n) is 6.92. The van der Waals surface area contributed by atoms with Gasteiger partial charge in [0.2, 0.25) is 5.91 Å². The average molecular weight is 165 g/mol. The number of carbonyl (C=O) groups is 1. The standard InChI is InChI=1S/C8H11N3O/c1-5-4-7(11-10-5)9-8(12)6-2-3-6/h4,6H,2-3H2,1H3,(H2,9,10,11,12). The minimum absolute atomic E-state index is 0.0986. The summed E-state index contributed by atoms with van der Waals surface area (Å²) in [6.07, 6.45) is 2.05. The lowest BCUT2D eigenvalue weighted by atomic mass is 10.4. The van der Waals surface area contributed by atoms with Crippen molar-refractivity contribution in [3.63, 3.8) is 0 Å². The fraction of sp³-hybridized carbons (Fsp3) is 0.500. The van der Waals surface area contributed by atoms with Crippen molar-refractivity contribution in [2.45, 2.75) is 19.8 Å². The lowest BCUT2D eigenvalue weighted by molar-refractivity contribution is -0.117. The molecule has 1 heterocycles. The first-order chi connectivity index (χ1) is 5.75. The Labute approximate surface area is 70.4 Å². The number of hydrogen-bond donors (Lipinski definition) is 2. The van der Waals surface area contributed by atoms with Gasteiger partial charge in [0.1, 0.15) is 0 Å². The van der Waals surface area contributed by atoms with Gasteiger partial charge in [0.05, 0.1) is 0 Å². The van der Waals surface area contributed by atoms with Crippen molar-refractivity contribution < 1.29 is 4.79 Å². The van der Waals surface area contributed by atoms with Gasteiger partial charge in [0.25, 0.3) is 0 Å². The number of nitrogens with one attached hydrogen (secondary N) is 2. The van der Waals surface area contributed by atoms with Crippen molar-refractivity contribution >= 4 is 11.7 Å². The molecule has 0 aliphatic heterocycles. The maximum Gasteiger partial charge on any atom is 0.228 e. The summed E-state index contributed by atoms with van der Waals surface area (Å²) in [6.45, 7) is 1.90. The first-order valence-corrected chi connectivity index (χ1v) is 4.08. The van der Waals surface area contributed by atoms with Crippen LogP contribution in [0.3, 0.4) is 0 Å². The van der Waals surface area contributed by atoms with Crippen molar-refractivity contribution in [1.29, 1.82) is 0 Å². The number of nitrogens with zero attached hydrogens (tertiary/aromatic N) is 1. The molecule has 1 fully saturated rings. The van der Waals surface area contributed by atoms with Crippen molar-refractivity contribution in [2.75, 3.05) is 5.32 Å². The highest BCUT2D eigenvalue weighted by atomic mass is 16.2. The van der Waals surface area contributed by atoms with E-state index in [0.29, 0.717) is 5.82 Å². The summed E-state index contributed by atoms with van der Waals surface area (Å²) in [7, 11) is 0. The molecule has 12 heavy (non-hydrogen) atoms. The molecule has 0 saturated heterocycles. The smallest absolute Gasteiger partial charge is 0.228 e. The van der Waals surface area contributed by atoms with Crippen LogP contribution in [0, 0.1) is 12.8 Å². The lowest BCUT2D eigenvalue weighted by Crippen LogP contribution is -2.13. The van der Waals surface area contributed by atoms with Gasteiger partial charge in [-0.25, -0.2) is 0 Å². The molecule has 2 N–H and O–H groups in total. The number of aromatic amines is 1. The van der Waals surface area contributed by atoms with Gasteiger partial charge < -0.3 is 5.32 Å². The number of aromatic nitrogens is 2. The SMILES string of the molecule is Cc1cc(NC(=O)C2CC2)n[nH]1. The molecule has 0 aromatic carbocycles. The topological polar surface area (TPSA) is 57.8 Å². The zero-order chi connectivity index (χ0) is 8.55. The highest BCUT2D eigenvalue weighted by Gasteiger charge is 2.29. The van der Waals surface area contributed by atoms with E-state index in [4.69, 9.17) is 0 Å². The molecule has 1 amide bonds. The average Bonchev–Trinajstić information content (AvgIpc) is 2.78. The van der Waals surface area contributed by atoms with Gasteiger partial charge in [0.15, 0.2) is 5.82 Å². The number of anilines is 1. The van der Waals surface area contributed by atoms with Gasteiger partial charge in [-0.2, -0.15) is 5.10 Å². The summed E-state index contributed by atoms with van der Waals surface area (Å²) in [5.74, 6) is 0.966. The fourth-order valence-electron chi connectivity index (χ4n) is 1.06. The van der Waals surface area contributed by atoms with Crippen LogP contribution in [-0.2, 0) is 4.79 Å². The summed E-state index contributed by atoms with van der Waals surface area (Å²) < 4.78 is 0. The van der Waals surface area contributed by atoms with Gasteiger partial charge in [-0.05, 0) is 19.8 Å². The van der Waals surface area contributed by atoms with Gasteiger partial charge in [-0.1, -0.05) is 0 Å². The predicted molar refractivity (Wildman–Crippen MR) is 44.7 cm³/mol. The molecule has 64 valence electrons. The van der Waals surface area contributed by atoms with E-state index in [9.17, 15) is 4.79 Å². The third-order valence-electron chi connectivity index (χ3n) is 1.91. The maximum atomic E-state index is 11.2. The molecule has 4 nitrogen and oxygen atoms in total. The van der Waals surface area contributed by atoms with E-state index in [1.165, 1.54) is 0 Å². The van der Waals surface area contributed by atoms with Crippen LogP contribution >= 0.6 is 0 Å². The molecule has 2 rings (SSSR count). The van der Waals surface area contributed by atoms with E-state index in [1.54, 1.807) is 0 Å². The summed E-state index contributed by atoms with van der Waals surface area (Å²) >= 11 is 0. The molecular weight excluding hydrogens is 154 g/mol. The van der Waals surface area contributed by atoms with E-state index in [1.807, 2.05) is 13.0 Å². The molecule has 1 aromatic heterocycles. The van der Waals surface area contributed by atoms with Crippen LogP contribution in [0.15, 0.2) is 6.07 Å². The Morgan fingerprint density at radius 2 is 2.50 bits per heavy atom. The minimum Gasteiger partial charge on any atom is -0.309 e. The zero-order valence-corrected chi connectivity index (χ0v) is 6.92. The Morgan fingerprint density at radius 1 is 1.75 bits per heavy atom. The van der Waals surface area contributed by atoms with Gasteiger partial charge in [-0.15, -0.1) is 0 Å². The van der Waals surface area contributed by atoms with E-state index >= 15 is 0 Å². The number of amides is 1. The molecule has 1 aliphatic carbocycles. The summed E-state index contributed by atoms with van der Waals surface area (Å²) in [5.41, 5.74) is 0.959. The molecular formula is C8H11N3O. The highest BCUT2D eigenvalue weighted by Crippen LogP contribution is 2.29. The lowest BCUT2D eigenvalue weighted by Gasteiger charge is -1.96. The quantitative estimate of drug-likeness (QED) is 0.688. The van der Waals surface area contributed by atoms with Crippen LogP contribution in [0.4, 0.5) is 5.82 Å². The van der Waals surface area contributed by atoms with E-state index in [0.717, 1.165) is 18.5 Å². The molecule has 1 aromatic rings. The molecule has 4 heteroatoms. The Balaban J connectivity index is 1.98.